The highest BCUT2D eigenvalue weighted by molar-refractivity contribution is 7.89. The van der Waals surface area contributed by atoms with Crippen LogP contribution in [0.1, 0.15) is 26.2 Å². The smallest absolute Gasteiger partial charge is 0.320 e. The fourth-order valence-corrected chi connectivity index (χ4v) is 3.36. The average molecular weight is 264 g/mol. The van der Waals surface area contributed by atoms with Crippen LogP contribution in [0.5, 0.6) is 0 Å². The van der Waals surface area contributed by atoms with Crippen molar-refractivity contribution in [2.75, 3.05) is 25.4 Å². The summed E-state index contributed by atoms with van der Waals surface area (Å²) in [7, 11) is -3.68. The number of rotatable bonds is 7. The first-order valence-electron chi connectivity index (χ1n) is 5.88. The maximum Gasteiger partial charge on any atom is 0.320 e. The molecule has 1 heterocycles. The summed E-state index contributed by atoms with van der Waals surface area (Å²) in [6.45, 7) is 3.55. The fourth-order valence-electron chi connectivity index (χ4n) is 2.00. The standard InChI is InChI=1S/C10H20N2O4S/c1-2-6-12(7-9-4-3-5-11-9)17(15,16)8-10(13)14/h9,11H,2-8H2,1H3,(H,13,14). The Bertz CT molecular complexity index is 349. The Morgan fingerprint density at radius 1 is 1.53 bits per heavy atom. The molecule has 0 aromatic rings. The third-order valence-corrected chi connectivity index (χ3v) is 4.49. The Labute approximate surface area is 102 Å². The zero-order valence-corrected chi connectivity index (χ0v) is 10.9. The van der Waals surface area contributed by atoms with Crippen LogP contribution in [0.2, 0.25) is 0 Å². The number of sulfonamides is 1. The van der Waals surface area contributed by atoms with E-state index in [1.165, 1.54) is 4.31 Å². The lowest BCUT2D eigenvalue weighted by molar-refractivity contribution is -0.134. The summed E-state index contributed by atoms with van der Waals surface area (Å²) in [5, 5.41) is 11.8. The number of aliphatic carboxylic acids is 1. The molecule has 2 N–H and O–H groups in total. The Kier molecular flexibility index (Phi) is 5.35. The molecular weight excluding hydrogens is 244 g/mol. The number of hydrogen-bond acceptors (Lipinski definition) is 4. The summed E-state index contributed by atoms with van der Waals surface area (Å²) in [6.07, 6.45) is 2.68. The molecule has 0 bridgehead atoms. The zero-order chi connectivity index (χ0) is 12.9. The van der Waals surface area contributed by atoms with E-state index in [1.54, 1.807) is 0 Å². The number of carboxylic acid groups (broad SMARTS) is 1. The van der Waals surface area contributed by atoms with Gasteiger partial charge in [0.1, 0.15) is 0 Å². The SMILES string of the molecule is CCCN(CC1CCCN1)S(=O)(=O)CC(=O)O. The van der Waals surface area contributed by atoms with Gasteiger partial charge in [-0.15, -0.1) is 0 Å². The van der Waals surface area contributed by atoms with E-state index in [0.717, 1.165) is 19.4 Å². The Morgan fingerprint density at radius 2 is 2.24 bits per heavy atom. The van der Waals surface area contributed by atoms with E-state index in [2.05, 4.69) is 5.32 Å². The van der Waals surface area contributed by atoms with Crippen LogP contribution in [0.15, 0.2) is 0 Å². The second-order valence-electron chi connectivity index (χ2n) is 4.30. The van der Waals surface area contributed by atoms with Gasteiger partial charge in [0.15, 0.2) is 5.75 Å². The van der Waals surface area contributed by atoms with Gasteiger partial charge in [-0.05, 0) is 25.8 Å². The molecular formula is C10H20N2O4S. The molecule has 1 fully saturated rings. The van der Waals surface area contributed by atoms with Gasteiger partial charge in [-0.2, -0.15) is 4.31 Å². The minimum absolute atomic E-state index is 0.158. The number of nitrogens with zero attached hydrogens (tertiary/aromatic N) is 1. The van der Waals surface area contributed by atoms with Crippen LogP contribution in [0, 0.1) is 0 Å². The van der Waals surface area contributed by atoms with Crippen LogP contribution in [-0.4, -0.2) is 55.2 Å². The van der Waals surface area contributed by atoms with Gasteiger partial charge in [0.2, 0.25) is 10.0 Å². The minimum Gasteiger partial charge on any atom is -0.480 e. The lowest BCUT2D eigenvalue weighted by atomic mass is 10.2. The fraction of sp³-hybridized carbons (Fsp3) is 0.900. The molecule has 0 spiro atoms. The first kappa shape index (κ1) is 14.4. The van der Waals surface area contributed by atoms with Crippen LogP contribution in [0.4, 0.5) is 0 Å². The monoisotopic (exact) mass is 264 g/mol. The largest absolute Gasteiger partial charge is 0.480 e. The molecule has 1 unspecified atom stereocenters. The molecule has 17 heavy (non-hydrogen) atoms. The van der Waals surface area contributed by atoms with E-state index in [-0.39, 0.29) is 6.04 Å². The van der Waals surface area contributed by atoms with Gasteiger partial charge in [-0.25, -0.2) is 8.42 Å². The molecule has 1 atom stereocenters. The zero-order valence-electron chi connectivity index (χ0n) is 10.1. The molecule has 0 aromatic heterocycles. The van der Waals surface area contributed by atoms with Crippen molar-refractivity contribution >= 4 is 16.0 Å². The van der Waals surface area contributed by atoms with Gasteiger partial charge in [-0.3, -0.25) is 4.79 Å². The van der Waals surface area contributed by atoms with E-state index in [1.807, 2.05) is 6.92 Å². The van der Waals surface area contributed by atoms with Gasteiger partial charge in [0, 0.05) is 19.1 Å². The van der Waals surface area contributed by atoms with Crippen LogP contribution < -0.4 is 5.32 Å². The topological polar surface area (TPSA) is 86.7 Å². The summed E-state index contributed by atoms with van der Waals surface area (Å²) < 4.78 is 25.0. The third kappa shape index (κ3) is 4.61. The van der Waals surface area contributed by atoms with Crippen molar-refractivity contribution in [3.63, 3.8) is 0 Å². The normalized spacial score (nSPS) is 20.9. The van der Waals surface area contributed by atoms with E-state index in [0.29, 0.717) is 19.5 Å². The first-order chi connectivity index (χ1) is 7.95. The number of carbonyl (C=O) groups is 1. The molecule has 0 radical (unpaired) electrons. The summed E-state index contributed by atoms with van der Waals surface area (Å²) in [5.74, 6) is -2.12. The second kappa shape index (κ2) is 6.32. The maximum atomic E-state index is 11.8. The van der Waals surface area contributed by atoms with Crippen molar-refractivity contribution in [3.05, 3.63) is 0 Å². The Balaban J connectivity index is 2.65. The number of hydrogen-bond donors (Lipinski definition) is 2. The molecule has 1 aliphatic rings. The predicted molar refractivity (Wildman–Crippen MR) is 64.3 cm³/mol. The van der Waals surface area contributed by atoms with Crippen molar-refractivity contribution in [1.29, 1.82) is 0 Å². The van der Waals surface area contributed by atoms with E-state index in [4.69, 9.17) is 5.11 Å². The highest BCUT2D eigenvalue weighted by Crippen LogP contribution is 2.11. The molecule has 0 saturated carbocycles. The summed E-state index contributed by atoms with van der Waals surface area (Å²) in [6, 6.07) is 0.158. The van der Waals surface area contributed by atoms with Crippen molar-refractivity contribution < 1.29 is 18.3 Å². The molecule has 6 nitrogen and oxygen atoms in total. The summed E-state index contributed by atoms with van der Waals surface area (Å²) >= 11 is 0. The molecule has 100 valence electrons. The lowest BCUT2D eigenvalue weighted by Crippen LogP contribution is -2.43. The minimum atomic E-state index is -3.68. The van der Waals surface area contributed by atoms with Crippen molar-refractivity contribution in [1.82, 2.24) is 9.62 Å². The molecule has 0 aromatic carbocycles. The van der Waals surface area contributed by atoms with E-state index < -0.39 is 21.7 Å². The van der Waals surface area contributed by atoms with Crippen LogP contribution in [0.25, 0.3) is 0 Å². The van der Waals surface area contributed by atoms with Crippen LogP contribution in [-0.2, 0) is 14.8 Å². The predicted octanol–water partition coefficient (Wildman–Crippen LogP) is -0.135. The Hall–Kier alpha value is -0.660. The molecule has 1 saturated heterocycles. The number of nitrogens with one attached hydrogen (secondary N) is 1. The molecule has 0 aliphatic carbocycles. The Morgan fingerprint density at radius 3 is 2.71 bits per heavy atom. The van der Waals surface area contributed by atoms with Crippen molar-refractivity contribution in [2.24, 2.45) is 0 Å². The first-order valence-corrected chi connectivity index (χ1v) is 7.49. The van der Waals surface area contributed by atoms with Crippen molar-refractivity contribution in [2.45, 2.75) is 32.2 Å². The highest BCUT2D eigenvalue weighted by Gasteiger charge is 2.27. The van der Waals surface area contributed by atoms with Crippen molar-refractivity contribution in [3.8, 4) is 0 Å². The average Bonchev–Trinajstić information content (AvgIpc) is 2.67. The van der Waals surface area contributed by atoms with E-state index >= 15 is 0 Å². The highest BCUT2D eigenvalue weighted by atomic mass is 32.2. The third-order valence-electron chi connectivity index (χ3n) is 2.76. The summed E-state index contributed by atoms with van der Waals surface area (Å²) in [5.41, 5.74) is 0. The van der Waals surface area contributed by atoms with Gasteiger partial charge < -0.3 is 10.4 Å². The lowest BCUT2D eigenvalue weighted by Gasteiger charge is -2.24. The van der Waals surface area contributed by atoms with Crippen LogP contribution >= 0.6 is 0 Å². The quantitative estimate of drug-likeness (QED) is 0.668. The maximum absolute atomic E-state index is 11.8. The number of carboxylic acids is 1. The molecule has 1 aliphatic heterocycles. The molecule has 7 heteroatoms. The summed E-state index contributed by atoms with van der Waals surface area (Å²) in [4.78, 5) is 10.5. The van der Waals surface area contributed by atoms with E-state index in [9.17, 15) is 13.2 Å². The molecule has 1 rings (SSSR count). The van der Waals surface area contributed by atoms with Gasteiger partial charge in [-0.1, -0.05) is 6.92 Å². The second-order valence-corrected chi connectivity index (χ2v) is 6.27. The van der Waals surface area contributed by atoms with Crippen LogP contribution in [0.3, 0.4) is 0 Å². The van der Waals surface area contributed by atoms with Gasteiger partial charge >= 0.3 is 5.97 Å². The molecule has 0 amide bonds. The van der Waals surface area contributed by atoms with Gasteiger partial charge in [0.25, 0.3) is 0 Å². The van der Waals surface area contributed by atoms with Gasteiger partial charge in [0.05, 0.1) is 0 Å².